The summed E-state index contributed by atoms with van der Waals surface area (Å²) >= 11 is 0. The van der Waals surface area contributed by atoms with Gasteiger partial charge in [-0.3, -0.25) is 9.48 Å². The number of Topliss-reactive ketones (excluding diaryl/α,β-unsaturated/α-hetero) is 1. The largest absolute Gasteiger partial charge is 0.307 e. The van der Waals surface area contributed by atoms with Gasteiger partial charge in [-0.15, -0.1) is 0 Å². The first kappa shape index (κ1) is 10.9. The van der Waals surface area contributed by atoms with Crippen molar-refractivity contribution in [3.63, 3.8) is 0 Å². The van der Waals surface area contributed by atoms with Gasteiger partial charge in [-0.25, -0.2) is 0 Å². The van der Waals surface area contributed by atoms with Crippen molar-refractivity contribution in [2.45, 2.75) is 26.3 Å². The topological polar surface area (TPSA) is 46.9 Å². The predicted octanol–water partition coefficient (Wildman–Crippen LogP) is 0.991. The SMILES string of the molecule is CCC(C)NCC(=O)c1ccnn1C. The minimum atomic E-state index is 0.0882. The average Bonchev–Trinajstić information content (AvgIpc) is 2.60. The van der Waals surface area contributed by atoms with Crippen molar-refractivity contribution in [2.75, 3.05) is 6.54 Å². The smallest absolute Gasteiger partial charge is 0.194 e. The van der Waals surface area contributed by atoms with Gasteiger partial charge in [0.25, 0.3) is 0 Å². The molecule has 1 atom stereocenters. The van der Waals surface area contributed by atoms with Gasteiger partial charge in [0, 0.05) is 19.3 Å². The Morgan fingerprint density at radius 1 is 1.71 bits per heavy atom. The van der Waals surface area contributed by atoms with E-state index in [0.29, 0.717) is 18.3 Å². The number of rotatable bonds is 5. The summed E-state index contributed by atoms with van der Waals surface area (Å²) < 4.78 is 1.60. The molecule has 1 aromatic rings. The fourth-order valence-corrected chi connectivity index (χ4v) is 1.15. The van der Waals surface area contributed by atoms with Crippen LogP contribution in [0.5, 0.6) is 0 Å². The molecule has 0 aliphatic carbocycles. The molecular formula is C10H17N3O. The molecule has 0 aliphatic heterocycles. The number of aromatic nitrogens is 2. The third-order valence-electron chi connectivity index (χ3n) is 2.33. The van der Waals surface area contributed by atoms with Gasteiger partial charge < -0.3 is 5.32 Å². The summed E-state index contributed by atoms with van der Waals surface area (Å²) in [7, 11) is 1.77. The first-order valence-corrected chi connectivity index (χ1v) is 4.89. The molecule has 1 heterocycles. The van der Waals surface area contributed by atoms with Crippen LogP contribution in [0.15, 0.2) is 12.3 Å². The fourth-order valence-electron chi connectivity index (χ4n) is 1.15. The van der Waals surface area contributed by atoms with Crippen molar-refractivity contribution in [2.24, 2.45) is 7.05 Å². The number of carbonyl (C=O) groups is 1. The average molecular weight is 195 g/mol. The Kier molecular flexibility index (Phi) is 3.83. The summed E-state index contributed by atoms with van der Waals surface area (Å²) in [5, 5.41) is 7.11. The van der Waals surface area contributed by atoms with Crippen LogP contribution in [-0.2, 0) is 7.05 Å². The van der Waals surface area contributed by atoms with Crippen LogP contribution in [0, 0.1) is 0 Å². The second-order valence-corrected chi connectivity index (χ2v) is 3.45. The molecule has 0 aromatic carbocycles. The molecule has 1 unspecified atom stereocenters. The highest BCUT2D eigenvalue weighted by molar-refractivity contribution is 5.95. The number of aryl methyl sites for hydroxylation is 1. The standard InChI is InChI=1S/C10H17N3O/c1-4-8(2)11-7-10(14)9-5-6-12-13(9)3/h5-6,8,11H,4,7H2,1-3H3. The maximum absolute atomic E-state index is 11.6. The van der Waals surface area contributed by atoms with Crippen LogP contribution in [-0.4, -0.2) is 28.2 Å². The molecule has 0 fully saturated rings. The van der Waals surface area contributed by atoms with E-state index in [0.717, 1.165) is 6.42 Å². The minimum Gasteiger partial charge on any atom is -0.307 e. The quantitative estimate of drug-likeness (QED) is 0.713. The van der Waals surface area contributed by atoms with Crippen LogP contribution in [0.1, 0.15) is 30.8 Å². The van der Waals surface area contributed by atoms with Crippen LogP contribution in [0.3, 0.4) is 0 Å². The first-order valence-electron chi connectivity index (χ1n) is 4.89. The van der Waals surface area contributed by atoms with Crippen LogP contribution in [0.4, 0.5) is 0 Å². The van der Waals surface area contributed by atoms with Crippen molar-refractivity contribution in [3.8, 4) is 0 Å². The van der Waals surface area contributed by atoms with E-state index in [1.54, 1.807) is 24.0 Å². The number of hydrogen-bond donors (Lipinski definition) is 1. The van der Waals surface area contributed by atoms with Crippen LogP contribution >= 0.6 is 0 Å². The predicted molar refractivity (Wildman–Crippen MR) is 55.3 cm³/mol. The van der Waals surface area contributed by atoms with E-state index in [1.807, 2.05) is 0 Å². The van der Waals surface area contributed by atoms with E-state index >= 15 is 0 Å². The second kappa shape index (κ2) is 4.91. The minimum absolute atomic E-state index is 0.0882. The molecule has 0 aliphatic rings. The molecule has 1 aromatic heterocycles. The van der Waals surface area contributed by atoms with Gasteiger partial charge in [0.15, 0.2) is 5.78 Å². The number of ketones is 1. The zero-order valence-corrected chi connectivity index (χ0v) is 8.95. The van der Waals surface area contributed by atoms with Gasteiger partial charge in [0.2, 0.25) is 0 Å². The number of nitrogens with zero attached hydrogens (tertiary/aromatic N) is 2. The van der Waals surface area contributed by atoms with Gasteiger partial charge >= 0.3 is 0 Å². The first-order chi connectivity index (χ1) is 6.65. The lowest BCUT2D eigenvalue weighted by atomic mass is 10.2. The number of carbonyl (C=O) groups excluding carboxylic acids is 1. The molecule has 0 bridgehead atoms. The van der Waals surface area contributed by atoms with Gasteiger partial charge in [0.05, 0.1) is 6.54 Å². The Morgan fingerprint density at radius 3 is 2.93 bits per heavy atom. The monoisotopic (exact) mass is 195 g/mol. The third-order valence-corrected chi connectivity index (χ3v) is 2.33. The maximum Gasteiger partial charge on any atom is 0.194 e. The van der Waals surface area contributed by atoms with Crippen molar-refractivity contribution in [1.82, 2.24) is 15.1 Å². The molecule has 4 heteroatoms. The van der Waals surface area contributed by atoms with Gasteiger partial charge in [-0.05, 0) is 19.4 Å². The molecule has 0 amide bonds. The Morgan fingerprint density at radius 2 is 2.43 bits per heavy atom. The molecule has 14 heavy (non-hydrogen) atoms. The summed E-state index contributed by atoms with van der Waals surface area (Å²) in [4.78, 5) is 11.6. The Labute approximate surface area is 84.3 Å². The Balaban J connectivity index is 2.47. The number of hydrogen-bond acceptors (Lipinski definition) is 3. The highest BCUT2D eigenvalue weighted by Gasteiger charge is 2.10. The molecular weight excluding hydrogens is 178 g/mol. The van der Waals surface area contributed by atoms with Crippen LogP contribution in [0.25, 0.3) is 0 Å². The summed E-state index contributed by atoms with van der Waals surface area (Å²) in [6.45, 7) is 4.54. The van der Waals surface area contributed by atoms with Crippen LogP contribution < -0.4 is 5.32 Å². The summed E-state index contributed by atoms with van der Waals surface area (Å²) in [6.07, 6.45) is 2.66. The fraction of sp³-hybridized carbons (Fsp3) is 0.600. The van der Waals surface area contributed by atoms with E-state index in [4.69, 9.17) is 0 Å². The highest BCUT2D eigenvalue weighted by atomic mass is 16.1. The van der Waals surface area contributed by atoms with E-state index < -0.39 is 0 Å². The lowest BCUT2D eigenvalue weighted by molar-refractivity contribution is 0.0978. The zero-order valence-electron chi connectivity index (χ0n) is 8.95. The van der Waals surface area contributed by atoms with Crippen LogP contribution in [0.2, 0.25) is 0 Å². The second-order valence-electron chi connectivity index (χ2n) is 3.45. The normalized spacial score (nSPS) is 12.8. The molecule has 0 radical (unpaired) electrons. The van der Waals surface area contributed by atoms with Crippen molar-refractivity contribution < 1.29 is 4.79 Å². The highest BCUT2D eigenvalue weighted by Crippen LogP contribution is 1.97. The summed E-state index contributed by atoms with van der Waals surface area (Å²) in [6, 6.07) is 2.12. The van der Waals surface area contributed by atoms with E-state index in [1.165, 1.54) is 0 Å². The lowest BCUT2D eigenvalue weighted by Gasteiger charge is -2.09. The Hall–Kier alpha value is -1.16. The van der Waals surface area contributed by atoms with E-state index in [2.05, 4.69) is 24.3 Å². The van der Waals surface area contributed by atoms with Gasteiger partial charge in [-0.2, -0.15) is 5.10 Å². The zero-order chi connectivity index (χ0) is 10.6. The summed E-state index contributed by atoms with van der Waals surface area (Å²) in [5.41, 5.74) is 0.654. The Bertz CT molecular complexity index is 306. The van der Waals surface area contributed by atoms with E-state index in [-0.39, 0.29) is 5.78 Å². The number of nitrogens with one attached hydrogen (secondary N) is 1. The van der Waals surface area contributed by atoms with Crippen molar-refractivity contribution in [1.29, 1.82) is 0 Å². The lowest BCUT2D eigenvalue weighted by Crippen LogP contribution is -2.31. The molecule has 0 saturated carbocycles. The molecule has 1 N–H and O–H groups in total. The maximum atomic E-state index is 11.6. The van der Waals surface area contributed by atoms with Crippen molar-refractivity contribution >= 4 is 5.78 Å². The molecule has 78 valence electrons. The van der Waals surface area contributed by atoms with Crippen molar-refractivity contribution in [3.05, 3.63) is 18.0 Å². The van der Waals surface area contributed by atoms with Gasteiger partial charge in [-0.1, -0.05) is 6.92 Å². The molecule has 0 spiro atoms. The third kappa shape index (κ3) is 2.67. The van der Waals surface area contributed by atoms with E-state index in [9.17, 15) is 4.79 Å². The summed E-state index contributed by atoms with van der Waals surface area (Å²) in [5.74, 6) is 0.0882. The molecule has 0 saturated heterocycles. The molecule has 4 nitrogen and oxygen atoms in total. The van der Waals surface area contributed by atoms with Gasteiger partial charge in [0.1, 0.15) is 5.69 Å². The molecule has 1 rings (SSSR count).